The van der Waals surface area contributed by atoms with E-state index in [-0.39, 0.29) is 0 Å². The number of hydrogen-bond donors (Lipinski definition) is 0. The average molecular weight is 514 g/mol. The number of pyridine rings is 1. The number of aromatic nitrogens is 5. The van der Waals surface area contributed by atoms with E-state index in [1.54, 1.807) is 0 Å². The lowest BCUT2D eigenvalue weighted by molar-refractivity contribution is 1.06. The first-order valence-electron chi connectivity index (χ1n) is 13.3. The predicted octanol–water partition coefficient (Wildman–Crippen LogP) is 8.25. The zero-order chi connectivity index (χ0) is 26.5. The molecule has 3 heterocycles. The Bertz CT molecular complexity index is 2100. The molecule has 5 heteroatoms. The highest BCUT2D eigenvalue weighted by atomic mass is 15.3. The molecule has 0 N–H and O–H groups in total. The molecule has 8 rings (SSSR count). The molecule has 5 nitrogen and oxygen atoms in total. The lowest BCUT2D eigenvalue weighted by Crippen LogP contribution is -2.01. The minimum atomic E-state index is 0.768. The van der Waals surface area contributed by atoms with Gasteiger partial charge in [0.1, 0.15) is 0 Å². The molecule has 0 saturated heterocycles. The van der Waals surface area contributed by atoms with Crippen LogP contribution in [0.2, 0.25) is 0 Å². The van der Waals surface area contributed by atoms with Gasteiger partial charge in [0, 0.05) is 33.0 Å². The molecule has 8 aromatic rings. The fourth-order valence-electron chi connectivity index (χ4n) is 5.63. The SMILES string of the molecule is c1ccc(-c2nnc(-c3ccc(-n4c5ccccc5c5ccccc54)cc3)n2-c2cnc3ccccc3c2)cc1. The van der Waals surface area contributed by atoms with Crippen molar-refractivity contribution in [3.05, 3.63) is 140 Å². The first-order chi connectivity index (χ1) is 19.8. The van der Waals surface area contributed by atoms with Crippen molar-refractivity contribution in [3.8, 4) is 34.2 Å². The standard InChI is InChI=1S/C35H23N5/c1-2-10-24(11-3-1)34-37-38-35(40(34)28-22-26-12-4-7-15-31(26)36-23-28)25-18-20-27(21-19-25)39-32-16-8-5-13-29(32)30-14-6-9-17-33(30)39/h1-23H. The predicted molar refractivity (Wildman–Crippen MR) is 162 cm³/mol. The van der Waals surface area contributed by atoms with E-state index in [1.165, 1.54) is 21.8 Å². The summed E-state index contributed by atoms with van der Waals surface area (Å²) < 4.78 is 4.42. The first kappa shape index (κ1) is 22.4. The van der Waals surface area contributed by atoms with Crippen LogP contribution in [-0.2, 0) is 0 Å². The van der Waals surface area contributed by atoms with Gasteiger partial charge < -0.3 is 4.57 Å². The molecule has 40 heavy (non-hydrogen) atoms. The van der Waals surface area contributed by atoms with Crippen LogP contribution < -0.4 is 0 Å². The van der Waals surface area contributed by atoms with Crippen LogP contribution in [0.5, 0.6) is 0 Å². The van der Waals surface area contributed by atoms with Crippen molar-refractivity contribution in [2.24, 2.45) is 0 Å². The van der Waals surface area contributed by atoms with Crippen LogP contribution in [-0.4, -0.2) is 24.3 Å². The number of para-hydroxylation sites is 3. The van der Waals surface area contributed by atoms with E-state index in [1.807, 2.05) is 42.6 Å². The minimum Gasteiger partial charge on any atom is -0.309 e. The zero-order valence-electron chi connectivity index (χ0n) is 21.5. The average Bonchev–Trinajstić information content (AvgIpc) is 3.62. The molecular weight excluding hydrogens is 490 g/mol. The molecule has 188 valence electrons. The summed E-state index contributed by atoms with van der Waals surface area (Å²) in [4.78, 5) is 4.73. The first-order valence-corrected chi connectivity index (χ1v) is 13.3. The van der Waals surface area contributed by atoms with E-state index >= 15 is 0 Å². The fraction of sp³-hybridized carbons (Fsp3) is 0. The second-order valence-corrected chi connectivity index (χ2v) is 9.85. The van der Waals surface area contributed by atoms with Crippen LogP contribution in [0.3, 0.4) is 0 Å². The Morgan fingerprint density at radius 1 is 0.450 bits per heavy atom. The van der Waals surface area contributed by atoms with Gasteiger partial charge in [-0.2, -0.15) is 0 Å². The number of nitrogens with zero attached hydrogens (tertiary/aromatic N) is 5. The number of fused-ring (bicyclic) bond motifs is 4. The third-order valence-electron chi connectivity index (χ3n) is 7.49. The summed E-state index contributed by atoms with van der Waals surface area (Å²) in [6.45, 7) is 0. The van der Waals surface area contributed by atoms with Gasteiger partial charge in [0.05, 0.1) is 28.4 Å². The maximum atomic E-state index is 4.73. The molecule has 5 aromatic carbocycles. The maximum absolute atomic E-state index is 4.73. The van der Waals surface area contributed by atoms with Gasteiger partial charge >= 0.3 is 0 Å². The highest BCUT2D eigenvalue weighted by Crippen LogP contribution is 2.34. The minimum absolute atomic E-state index is 0.768. The van der Waals surface area contributed by atoms with Crippen molar-refractivity contribution in [2.75, 3.05) is 0 Å². The molecule has 0 unspecified atom stereocenters. The second kappa shape index (κ2) is 9.03. The molecule has 0 bridgehead atoms. The molecule has 0 aliphatic carbocycles. The van der Waals surface area contributed by atoms with Gasteiger partial charge in [0.15, 0.2) is 11.6 Å². The second-order valence-electron chi connectivity index (χ2n) is 9.85. The summed E-state index contributed by atoms with van der Waals surface area (Å²) in [6.07, 6.45) is 1.90. The summed E-state index contributed by atoms with van der Waals surface area (Å²) in [5.74, 6) is 1.55. The molecule has 0 fully saturated rings. The van der Waals surface area contributed by atoms with Crippen molar-refractivity contribution >= 4 is 32.7 Å². The Hall–Kier alpha value is -5.55. The van der Waals surface area contributed by atoms with Crippen LogP contribution in [0.4, 0.5) is 0 Å². The summed E-state index contributed by atoms with van der Waals surface area (Å²) >= 11 is 0. The van der Waals surface area contributed by atoms with E-state index in [0.717, 1.165) is 45.1 Å². The van der Waals surface area contributed by atoms with Crippen LogP contribution in [0, 0.1) is 0 Å². The summed E-state index contributed by atoms with van der Waals surface area (Å²) in [5.41, 5.74) is 7.33. The molecule has 0 atom stereocenters. The molecule has 3 aromatic heterocycles. The van der Waals surface area contributed by atoms with Crippen LogP contribution in [0.25, 0.3) is 66.9 Å². The highest BCUT2D eigenvalue weighted by molar-refractivity contribution is 6.09. The van der Waals surface area contributed by atoms with Gasteiger partial charge in [-0.25, -0.2) is 0 Å². The van der Waals surface area contributed by atoms with E-state index in [4.69, 9.17) is 4.98 Å². The zero-order valence-corrected chi connectivity index (χ0v) is 21.5. The van der Waals surface area contributed by atoms with Crippen molar-refractivity contribution in [2.45, 2.75) is 0 Å². The van der Waals surface area contributed by atoms with Crippen molar-refractivity contribution < 1.29 is 0 Å². The Morgan fingerprint density at radius 2 is 1.02 bits per heavy atom. The lowest BCUT2D eigenvalue weighted by Gasteiger charge is -2.12. The summed E-state index contributed by atoms with van der Waals surface area (Å²) in [7, 11) is 0. The normalized spacial score (nSPS) is 11.5. The Morgan fingerprint density at radius 3 is 1.73 bits per heavy atom. The summed E-state index contributed by atoms with van der Waals surface area (Å²) in [5, 5.41) is 12.9. The molecule has 0 aliphatic rings. The molecular formula is C35H23N5. The Balaban J connectivity index is 1.30. The van der Waals surface area contributed by atoms with E-state index in [2.05, 4.69) is 116 Å². The van der Waals surface area contributed by atoms with Crippen LogP contribution in [0.1, 0.15) is 0 Å². The third-order valence-corrected chi connectivity index (χ3v) is 7.49. The van der Waals surface area contributed by atoms with Crippen LogP contribution >= 0.6 is 0 Å². The number of hydrogen-bond acceptors (Lipinski definition) is 3. The quantitative estimate of drug-likeness (QED) is 0.238. The number of rotatable bonds is 4. The maximum Gasteiger partial charge on any atom is 0.168 e. The topological polar surface area (TPSA) is 48.5 Å². The van der Waals surface area contributed by atoms with Gasteiger partial charge in [0.25, 0.3) is 0 Å². The molecule has 0 saturated carbocycles. The van der Waals surface area contributed by atoms with Gasteiger partial charge in [-0.05, 0) is 48.5 Å². The monoisotopic (exact) mass is 513 g/mol. The molecule has 0 amide bonds. The smallest absolute Gasteiger partial charge is 0.168 e. The van der Waals surface area contributed by atoms with Crippen LogP contribution in [0.15, 0.2) is 140 Å². The molecule has 0 spiro atoms. The highest BCUT2D eigenvalue weighted by Gasteiger charge is 2.18. The third kappa shape index (κ3) is 3.52. The van der Waals surface area contributed by atoms with Gasteiger partial charge in [-0.15, -0.1) is 10.2 Å². The van der Waals surface area contributed by atoms with E-state index in [0.29, 0.717) is 0 Å². The Kier molecular flexibility index (Phi) is 5.07. The lowest BCUT2D eigenvalue weighted by atomic mass is 10.1. The van der Waals surface area contributed by atoms with Crippen molar-refractivity contribution in [1.82, 2.24) is 24.3 Å². The largest absolute Gasteiger partial charge is 0.309 e. The van der Waals surface area contributed by atoms with Crippen molar-refractivity contribution in [1.29, 1.82) is 0 Å². The Labute approximate surface area is 230 Å². The van der Waals surface area contributed by atoms with E-state index in [9.17, 15) is 0 Å². The summed E-state index contributed by atoms with van der Waals surface area (Å²) in [6, 6.07) is 46.2. The molecule has 0 radical (unpaired) electrons. The fourth-order valence-corrected chi connectivity index (χ4v) is 5.63. The van der Waals surface area contributed by atoms with Gasteiger partial charge in [-0.1, -0.05) is 84.9 Å². The van der Waals surface area contributed by atoms with Gasteiger partial charge in [-0.3, -0.25) is 9.55 Å². The molecule has 0 aliphatic heterocycles. The van der Waals surface area contributed by atoms with Gasteiger partial charge in [0.2, 0.25) is 0 Å². The van der Waals surface area contributed by atoms with Crippen molar-refractivity contribution in [3.63, 3.8) is 0 Å². The van der Waals surface area contributed by atoms with E-state index < -0.39 is 0 Å². The number of benzene rings is 5.